The molecule has 2 atom stereocenters. The molecule has 19 heavy (non-hydrogen) atoms. The van der Waals surface area contributed by atoms with E-state index in [2.05, 4.69) is 49.7 Å². The predicted octanol–water partition coefficient (Wildman–Crippen LogP) is 3.33. The van der Waals surface area contributed by atoms with Gasteiger partial charge in [-0.3, -0.25) is 4.98 Å². The summed E-state index contributed by atoms with van der Waals surface area (Å²) in [5.74, 6) is 0.459. The molecule has 2 rings (SSSR count). The second kappa shape index (κ2) is 5.49. The molecule has 0 amide bonds. The number of anilines is 1. The van der Waals surface area contributed by atoms with Gasteiger partial charge in [0.15, 0.2) is 0 Å². The molecule has 0 saturated carbocycles. The topological polar surface area (TPSA) is 36.4 Å². The van der Waals surface area contributed by atoms with Crippen molar-refractivity contribution < 1.29 is 5.11 Å². The summed E-state index contributed by atoms with van der Waals surface area (Å²) in [6.45, 7) is 9.32. The SMILES string of the molecule is CC[C@]1(O)CC[C@H](C)N(c2ccc(C(C)C)nc2)C1. The van der Waals surface area contributed by atoms with Crippen LogP contribution in [-0.2, 0) is 0 Å². The quantitative estimate of drug-likeness (QED) is 0.907. The average Bonchev–Trinajstić information content (AvgIpc) is 2.42. The van der Waals surface area contributed by atoms with E-state index in [0.717, 1.165) is 30.6 Å². The highest BCUT2D eigenvalue weighted by Gasteiger charge is 2.35. The summed E-state index contributed by atoms with van der Waals surface area (Å²) < 4.78 is 0. The number of aliphatic hydroxyl groups is 1. The minimum atomic E-state index is -0.538. The first-order valence-electron chi connectivity index (χ1n) is 7.40. The van der Waals surface area contributed by atoms with Crippen molar-refractivity contribution in [3.8, 4) is 0 Å². The molecule has 3 nitrogen and oxygen atoms in total. The van der Waals surface area contributed by atoms with Gasteiger partial charge >= 0.3 is 0 Å². The van der Waals surface area contributed by atoms with Crippen LogP contribution in [-0.4, -0.2) is 28.3 Å². The first kappa shape index (κ1) is 14.3. The summed E-state index contributed by atoms with van der Waals surface area (Å²) in [4.78, 5) is 6.83. The maximum Gasteiger partial charge on any atom is 0.0820 e. The number of hydrogen-bond acceptors (Lipinski definition) is 3. The van der Waals surface area contributed by atoms with E-state index in [0.29, 0.717) is 18.5 Å². The van der Waals surface area contributed by atoms with Crippen LogP contribution in [0.5, 0.6) is 0 Å². The number of pyridine rings is 1. The summed E-state index contributed by atoms with van der Waals surface area (Å²) >= 11 is 0. The molecule has 106 valence electrons. The smallest absolute Gasteiger partial charge is 0.0820 e. The van der Waals surface area contributed by atoms with Crippen LogP contribution in [0.1, 0.15) is 58.6 Å². The van der Waals surface area contributed by atoms with Crippen molar-refractivity contribution in [3.05, 3.63) is 24.0 Å². The van der Waals surface area contributed by atoms with Gasteiger partial charge in [0, 0.05) is 18.3 Å². The highest BCUT2D eigenvalue weighted by Crippen LogP contribution is 2.31. The van der Waals surface area contributed by atoms with Crippen LogP contribution in [0, 0.1) is 0 Å². The van der Waals surface area contributed by atoms with Crippen LogP contribution >= 0.6 is 0 Å². The lowest BCUT2D eigenvalue weighted by Crippen LogP contribution is -2.51. The van der Waals surface area contributed by atoms with Crippen LogP contribution in [0.2, 0.25) is 0 Å². The number of hydrogen-bond donors (Lipinski definition) is 1. The molecular weight excluding hydrogens is 236 g/mol. The van der Waals surface area contributed by atoms with Gasteiger partial charge in [-0.05, 0) is 44.2 Å². The van der Waals surface area contributed by atoms with E-state index in [1.807, 2.05) is 6.20 Å². The molecule has 0 bridgehead atoms. The first-order chi connectivity index (χ1) is 8.95. The Morgan fingerprint density at radius 2 is 2.21 bits per heavy atom. The van der Waals surface area contributed by atoms with Crippen LogP contribution in [0.25, 0.3) is 0 Å². The van der Waals surface area contributed by atoms with E-state index >= 15 is 0 Å². The zero-order valence-corrected chi connectivity index (χ0v) is 12.6. The van der Waals surface area contributed by atoms with Gasteiger partial charge in [0.2, 0.25) is 0 Å². The fourth-order valence-corrected chi connectivity index (χ4v) is 2.73. The van der Waals surface area contributed by atoms with E-state index in [1.165, 1.54) is 0 Å². The zero-order chi connectivity index (χ0) is 14.0. The highest BCUT2D eigenvalue weighted by molar-refractivity contribution is 5.47. The Bertz CT molecular complexity index is 415. The molecule has 0 aromatic carbocycles. The third kappa shape index (κ3) is 3.08. The van der Waals surface area contributed by atoms with Gasteiger partial charge in [-0.25, -0.2) is 0 Å². The fourth-order valence-electron chi connectivity index (χ4n) is 2.73. The summed E-state index contributed by atoms with van der Waals surface area (Å²) in [6.07, 6.45) is 4.70. The fraction of sp³-hybridized carbons (Fsp3) is 0.688. The number of β-amino-alcohol motifs (C(OH)–C–C–N with tert-alkyl or cyclic N) is 1. The Kier molecular flexibility index (Phi) is 4.14. The van der Waals surface area contributed by atoms with Crippen molar-refractivity contribution in [1.29, 1.82) is 0 Å². The maximum absolute atomic E-state index is 10.5. The van der Waals surface area contributed by atoms with E-state index in [9.17, 15) is 5.11 Å². The third-order valence-electron chi connectivity index (χ3n) is 4.38. The summed E-state index contributed by atoms with van der Waals surface area (Å²) in [5.41, 5.74) is 1.71. The maximum atomic E-state index is 10.5. The zero-order valence-electron chi connectivity index (χ0n) is 12.6. The van der Waals surface area contributed by atoms with Gasteiger partial charge in [-0.15, -0.1) is 0 Å². The van der Waals surface area contributed by atoms with Crippen molar-refractivity contribution in [2.45, 2.75) is 64.5 Å². The number of piperidine rings is 1. The van der Waals surface area contributed by atoms with Crippen LogP contribution in [0.3, 0.4) is 0 Å². The Morgan fingerprint density at radius 1 is 1.47 bits per heavy atom. The summed E-state index contributed by atoms with van der Waals surface area (Å²) in [7, 11) is 0. The molecular formula is C16H26N2O. The third-order valence-corrected chi connectivity index (χ3v) is 4.38. The van der Waals surface area contributed by atoms with Crippen LogP contribution in [0.4, 0.5) is 5.69 Å². The van der Waals surface area contributed by atoms with Crippen molar-refractivity contribution in [2.75, 3.05) is 11.4 Å². The first-order valence-corrected chi connectivity index (χ1v) is 7.40. The Morgan fingerprint density at radius 3 is 2.74 bits per heavy atom. The van der Waals surface area contributed by atoms with Gasteiger partial charge in [0.05, 0.1) is 17.5 Å². The second-order valence-electron chi connectivity index (χ2n) is 6.19. The molecule has 0 aliphatic carbocycles. The standard InChI is InChI=1S/C16H26N2O/c1-5-16(19)9-8-13(4)18(11-16)14-6-7-15(12(2)3)17-10-14/h6-7,10,12-13,19H,5,8-9,11H2,1-4H3/t13-,16-/m0/s1. The lowest BCUT2D eigenvalue weighted by Gasteiger charge is -2.44. The predicted molar refractivity (Wildman–Crippen MR) is 79.6 cm³/mol. The molecule has 1 aliphatic heterocycles. The van der Waals surface area contributed by atoms with Gasteiger partial charge in [-0.2, -0.15) is 0 Å². The molecule has 0 spiro atoms. The summed E-state index contributed by atoms with van der Waals surface area (Å²) in [6, 6.07) is 4.71. The molecule has 1 aromatic rings. The molecule has 1 aromatic heterocycles. The molecule has 1 fully saturated rings. The Labute approximate surface area is 116 Å². The average molecular weight is 262 g/mol. The normalized spacial score (nSPS) is 27.9. The molecule has 1 N–H and O–H groups in total. The molecule has 3 heteroatoms. The summed E-state index contributed by atoms with van der Waals surface area (Å²) in [5, 5.41) is 10.5. The number of nitrogens with zero attached hydrogens (tertiary/aromatic N) is 2. The number of aromatic nitrogens is 1. The molecule has 0 radical (unpaired) electrons. The monoisotopic (exact) mass is 262 g/mol. The Hall–Kier alpha value is -1.09. The van der Waals surface area contributed by atoms with Crippen molar-refractivity contribution in [3.63, 3.8) is 0 Å². The van der Waals surface area contributed by atoms with Gasteiger partial charge in [0.1, 0.15) is 0 Å². The van der Waals surface area contributed by atoms with E-state index in [-0.39, 0.29) is 0 Å². The minimum absolute atomic E-state index is 0.459. The molecule has 2 heterocycles. The highest BCUT2D eigenvalue weighted by atomic mass is 16.3. The lowest BCUT2D eigenvalue weighted by molar-refractivity contribution is 0.0158. The lowest BCUT2D eigenvalue weighted by atomic mass is 9.87. The van der Waals surface area contributed by atoms with Crippen molar-refractivity contribution in [2.24, 2.45) is 0 Å². The van der Waals surface area contributed by atoms with E-state index < -0.39 is 5.60 Å². The van der Waals surface area contributed by atoms with Gasteiger partial charge in [0.25, 0.3) is 0 Å². The van der Waals surface area contributed by atoms with Gasteiger partial charge < -0.3 is 10.0 Å². The second-order valence-corrected chi connectivity index (χ2v) is 6.19. The van der Waals surface area contributed by atoms with E-state index in [4.69, 9.17) is 0 Å². The van der Waals surface area contributed by atoms with Crippen LogP contribution in [0.15, 0.2) is 18.3 Å². The van der Waals surface area contributed by atoms with E-state index in [1.54, 1.807) is 0 Å². The van der Waals surface area contributed by atoms with Crippen molar-refractivity contribution >= 4 is 5.69 Å². The van der Waals surface area contributed by atoms with Crippen LogP contribution < -0.4 is 4.90 Å². The molecule has 1 saturated heterocycles. The van der Waals surface area contributed by atoms with Crippen molar-refractivity contribution in [1.82, 2.24) is 4.98 Å². The van der Waals surface area contributed by atoms with Gasteiger partial charge in [-0.1, -0.05) is 20.8 Å². The number of rotatable bonds is 3. The largest absolute Gasteiger partial charge is 0.388 e. The molecule has 0 unspecified atom stereocenters. The minimum Gasteiger partial charge on any atom is -0.388 e. The molecule has 1 aliphatic rings. The Balaban J connectivity index is 2.19.